The number of carboxylic acids is 1. The van der Waals surface area contributed by atoms with Gasteiger partial charge in [-0.3, -0.25) is 14.4 Å². The molecule has 2 rings (SSSR count). The van der Waals surface area contributed by atoms with E-state index >= 15 is 0 Å². The van der Waals surface area contributed by atoms with E-state index in [4.69, 9.17) is 0 Å². The van der Waals surface area contributed by atoms with Gasteiger partial charge in [0.15, 0.2) is 0 Å². The number of aromatic nitrogens is 2. The molecule has 0 aromatic carbocycles. The minimum atomic E-state index is -0.690. The van der Waals surface area contributed by atoms with Gasteiger partial charge < -0.3 is 5.11 Å². The van der Waals surface area contributed by atoms with Crippen molar-refractivity contribution in [1.29, 1.82) is 0 Å². The number of hydrogen-bond acceptors (Lipinski definition) is 3. The van der Waals surface area contributed by atoms with Gasteiger partial charge in [0.05, 0.1) is 6.20 Å². The van der Waals surface area contributed by atoms with Gasteiger partial charge in [-0.25, -0.2) is 0 Å². The molecule has 0 aliphatic carbocycles. The molecule has 0 amide bonds. The molecule has 1 aliphatic rings. The molecule has 1 N–H and O–H groups in total. The van der Waals surface area contributed by atoms with Crippen molar-refractivity contribution in [1.82, 2.24) is 14.7 Å². The molecule has 1 fully saturated rings. The van der Waals surface area contributed by atoms with E-state index in [0.29, 0.717) is 6.54 Å². The molecule has 19 heavy (non-hydrogen) atoms. The van der Waals surface area contributed by atoms with Crippen molar-refractivity contribution in [3.05, 3.63) is 18.0 Å². The average Bonchev–Trinajstić information content (AvgIpc) is 2.80. The van der Waals surface area contributed by atoms with Crippen molar-refractivity contribution >= 4 is 5.97 Å². The highest BCUT2D eigenvalue weighted by Crippen LogP contribution is 2.19. The van der Waals surface area contributed by atoms with Crippen molar-refractivity contribution < 1.29 is 9.90 Å². The van der Waals surface area contributed by atoms with Crippen molar-refractivity contribution in [2.24, 2.45) is 0 Å². The average molecular weight is 265 g/mol. The van der Waals surface area contributed by atoms with Crippen LogP contribution in [0, 0.1) is 0 Å². The fraction of sp³-hybridized carbons (Fsp3) is 0.714. The maximum absolute atomic E-state index is 11.4. The normalized spacial score (nSPS) is 21.8. The molecule has 1 aliphatic heterocycles. The second-order valence-electron chi connectivity index (χ2n) is 5.23. The highest BCUT2D eigenvalue weighted by atomic mass is 16.4. The molecule has 1 aromatic rings. The standard InChI is InChI=1S/C14H23N3O2/c1-2-17-11-12(9-15-17)10-16-8-6-4-3-5-7-13(16)14(18)19/h9,11,13H,2-8,10H2,1H3,(H,18,19). The summed E-state index contributed by atoms with van der Waals surface area (Å²) >= 11 is 0. The minimum Gasteiger partial charge on any atom is -0.480 e. The summed E-state index contributed by atoms with van der Waals surface area (Å²) in [4.78, 5) is 13.5. The van der Waals surface area contributed by atoms with Gasteiger partial charge in [0.2, 0.25) is 0 Å². The summed E-state index contributed by atoms with van der Waals surface area (Å²) in [5.74, 6) is -0.690. The molecule has 5 heteroatoms. The minimum absolute atomic E-state index is 0.342. The van der Waals surface area contributed by atoms with Crippen molar-refractivity contribution in [2.75, 3.05) is 6.54 Å². The van der Waals surface area contributed by atoms with E-state index in [1.807, 2.05) is 24.0 Å². The monoisotopic (exact) mass is 265 g/mol. The van der Waals surface area contributed by atoms with Crippen molar-refractivity contribution in [2.45, 2.75) is 58.2 Å². The van der Waals surface area contributed by atoms with Crippen LogP contribution in [0.2, 0.25) is 0 Å². The molecule has 0 spiro atoms. The van der Waals surface area contributed by atoms with Crippen LogP contribution in [0.3, 0.4) is 0 Å². The molecule has 5 nitrogen and oxygen atoms in total. The summed E-state index contributed by atoms with van der Waals surface area (Å²) in [5.41, 5.74) is 1.11. The molecule has 1 saturated heterocycles. The van der Waals surface area contributed by atoms with E-state index in [-0.39, 0.29) is 6.04 Å². The molecule has 106 valence electrons. The van der Waals surface area contributed by atoms with Gasteiger partial charge in [-0.1, -0.05) is 19.3 Å². The van der Waals surface area contributed by atoms with Crippen LogP contribution in [0.15, 0.2) is 12.4 Å². The van der Waals surface area contributed by atoms with Crippen LogP contribution < -0.4 is 0 Å². The number of hydrogen-bond donors (Lipinski definition) is 1. The predicted octanol–water partition coefficient (Wildman–Crippen LogP) is 2.12. The summed E-state index contributed by atoms with van der Waals surface area (Å²) < 4.78 is 1.88. The number of carbonyl (C=O) groups is 1. The van der Waals surface area contributed by atoms with Crippen LogP contribution in [-0.4, -0.2) is 38.3 Å². The maximum atomic E-state index is 11.4. The first kappa shape index (κ1) is 14.1. The quantitative estimate of drug-likeness (QED) is 0.906. The Bertz CT molecular complexity index is 417. The predicted molar refractivity (Wildman–Crippen MR) is 72.8 cm³/mol. The van der Waals surface area contributed by atoms with Gasteiger partial charge in [-0.05, 0) is 26.3 Å². The first-order valence-electron chi connectivity index (χ1n) is 7.19. The third-order valence-electron chi connectivity index (χ3n) is 3.80. The van der Waals surface area contributed by atoms with E-state index in [0.717, 1.165) is 44.3 Å². The number of carboxylic acid groups (broad SMARTS) is 1. The molecule has 0 saturated carbocycles. The molecule has 1 aromatic heterocycles. The lowest BCUT2D eigenvalue weighted by Gasteiger charge is -2.30. The smallest absolute Gasteiger partial charge is 0.320 e. The lowest BCUT2D eigenvalue weighted by atomic mass is 10.0. The highest BCUT2D eigenvalue weighted by Gasteiger charge is 2.26. The summed E-state index contributed by atoms with van der Waals surface area (Å²) in [6.07, 6.45) is 9.09. The van der Waals surface area contributed by atoms with Gasteiger partial charge in [-0.15, -0.1) is 0 Å². The summed E-state index contributed by atoms with van der Waals surface area (Å²) in [5, 5.41) is 13.6. The highest BCUT2D eigenvalue weighted by molar-refractivity contribution is 5.73. The fourth-order valence-corrected chi connectivity index (χ4v) is 2.71. The van der Waals surface area contributed by atoms with Gasteiger partial charge in [0.25, 0.3) is 0 Å². The van der Waals surface area contributed by atoms with Gasteiger partial charge in [0, 0.05) is 24.8 Å². The lowest BCUT2D eigenvalue weighted by Crippen LogP contribution is -2.42. The van der Waals surface area contributed by atoms with E-state index in [1.165, 1.54) is 6.42 Å². The molecule has 1 unspecified atom stereocenters. The Morgan fingerprint density at radius 3 is 2.89 bits per heavy atom. The maximum Gasteiger partial charge on any atom is 0.320 e. The Morgan fingerprint density at radius 1 is 1.42 bits per heavy atom. The number of rotatable bonds is 4. The Labute approximate surface area is 114 Å². The number of nitrogens with zero attached hydrogens (tertiary/aromatic N) is 3. The largest absolute Gasteiger partial charge is 0.480 e. The Morgan fingerprint density at radius 2 is 2.21 bits per heavy atom. The van der Waals surface area contributed by atoms with Crippen LogP contribution in [0.5, 0.6) is 0 Å². The van der Waals surface area contributed by atoms with Gasteiger partial charge in [0.1, 0.15) is 6.04 Å². The number of likely N-dealkylation sites (tertiary alicyclic amines) is 1. The van der Waals surface area contributed by atoms with Crippen molar-refractivity contribution in [3.8, 4) is 0 Å². The van der Waals surface area contributed by atoms with Gasteiger partial charge >= 0.3 is 5.97 Å². The van der Waals surface area contributed by atoms with E-state index < -0.39 is 5.97 Å². The van der Waals surface area contributed by atoms with Crippen LogP contribution in [0.25, 0.3) is 0 Å². The molecule has 0 radical (unpaired) electrons. The topological polar surface area (TPSA) is 58.4 Å². The third kappa shape index (κ3) is 3.80. The zero-order valence-electron chi connectivity index (χ0n) is 11.6. The number of aryl methyl sites for hydroxylation is 1. The second-order valence-corrected chi connectivity index (χ2v) is 5.23. The molecule has 2 heterocycles. The Hall–Kier alpha value is -1.36. The summed E-state index contributed by atoms with van der Waals surface area (Å²) in [6.45, 7) is 4.46. The SMILES string of the molecule is CCn1cc(CN2CCCCCCC2C(=O)O)cn1. The Balaban J connectivity index is 2.05. The molecule has 1 atom stereocenters. The number of aliphatic carboxylic acids is 1. The van der Waals surface area contributed by atoms with E-state index in [1.54, 1.807) is 0 Å². The van der Waals surface area contributed by atoms with Crippen LogP contribution in [-0.2, 0) is 17.9 Å². The summed E-state index contributed by atoms with van der Waals surface area (Å²) in [7, 11) is 0. The Kier molecular flexibility index (Phi) is 4.96. The molecular weight excluding hydrogens is 242 g/mol. The zero-order valence-corrected chi connectivity index (χ0v) is 11.6. The lowest BCUT2D eigenvalue weighted by molar-refractivity contribution is -0.144. The zero-order chi connectivity index (χ0) is 13.7. The molecular formula is C14H23N3O2. The second kappa shape index (κ2) is 6.70. The van der Waals surface area contributed by atoms with E-state index in [2.05, 4.69) is 10.00 Å². The fourth-order valence-electron chi connectivity index (χ4n) is 2.71. The van der Waals surface area contributed by atoms with Crippen LogP contribution >= 0.6 is 0 Å². The third-order valence-corrected chi connectivity index (χ3v) is 3.80. The molecule has 0 bridgehead atoms. The van der Waals surface area contributed by atoms with E-state index in [9.17, 15) is 9.90 Å². The van der Waals surface area contributed by atoms with Crippen LogP contribution in [0.4, 0.5) is 0 Å². The van der Waals surface area contributed by atoms with Crippen LogP contribution in [0.1, 0.15) is 44.6 Å². The first-order chi connectivity index (χ1) is 9.20. The van der Waals surface area contributed by atoms with Gasteiger partial charge in [-0.2, -0.15) is 5.10 Å². The summed E-state index contributed by atoms with van der Waals surface area (Å²) in [6, 6.07) is -0.342. The first-order valence-corrected chi connectivity index (χ1v) is 7.19. The van der Waals surface area contributed by atoms with Crippen molar-refractivity contribution in [3.63, 3.8) is 0 Å².